The number of carboxylic acid groups (broad SMARTS) is 1. The number of para-hydroxylation sites is 1. The standard InChI is InChI=1S/C16H15ClFNO2.CH2O2/c1-19-9-11-7-13(18)12(17)8-15(11)21-14-4-2-3-10-5-6-20-16(10)14;2-1-3/h2-4,7-8,19H,5-6,9H2,1H3;1H,(H,2,3). The first-order valence-electron chi connectivity index (χ1n) is 7.23. The Bertz CT molecular complexity index is 724. The molecular formula is C17H17ClFNO4. The van der Waals surface area contributed by atoms with E-state index in [-0.39, 0.29) is 11.5 Å². The van der Waals surface area contributed by atoms with Gasteiger partial charge in [-0.2, -0.15) is 0 Å². The minimum Gasteiger partial charge on any atom is -0.489 e. The molecule has 128 valence electrons. The lowest BCUT2D eigenvalue weighted by Crippen LogP contribution is -2.07. The van der Waals surface area contributed by atoms with Crippen LogP contribution in [0, 0.1) is 5.82 Å². The van der Waals surface area contributed by atoms with Crippen molar-refractivity contribution in [3.8, 4) is 17.2 Å². The third kappa shape index (κ3) is 4.15. The Kier molecular flexibility index (Phi) is 6.40. The van der Waals surface area contributed by atoms with Gasteiger partial charge < -0.3 is 19.9 Å². The number of ether oxygens (including phenoxy) is 2. The van der Waals surface area contributed by atoms with Crippen molar-refractivity contribution in [2.75, 3.05) is 13.7 Å². The maximum atomic E-state index is 13.6. The molecule has 24 heavy (non-hydrogen) atoms. The van der Waals surface area contributed by atoms with Crippen LogP contribution in [0.25, 0.3) is 0 Å². The molecule has 1 heterocycles. The van der Waals surface area contributed by atoms with E-state index in [0.29, 0.717) is 30.2 Å². The summed E-state index contributed by atoms with van der Waals surface area (Å²) >= 11 is 5.86. The van der Waals surface area contributed by atoms with Crippen molar-refractivity contribution in [2.45, 2.75) is 13.0 Å². The van der Waals surface area contributed by atoms with Gasteiger partial charge in [-0.15, -0.1) is 0 Å². The van der Waals surface area contributed by atoms with Crippen molar-refractivity contribution in [2.24, 2.45) is 0 Å². The number of halogens is 2. The van der Waals surface area contributed by atoms with Gasteiger partial charge in [-0.25, -0.2) is 4.39 Å². The molecule has 0 spiro atoms. The summed E-state index contributed by atoms with van der Waals surface area (Å²) in [5, 5.41) is 9.92. The summed E-state index contributed by atoms with van der Waals surface area (Å²) in [6.45, 7) is 0.891. The zero-order valence-corrected chi connectivity index (χ0v) is 13.8. The molecule has 0 aliphatic carbocycles. The fourth-order valence-electron chi connectivity index (χ4n) is 2.38. The van der Waals surface area contributed by atoms with E-state index in [2.05, 4.69) is 5.32 Å². The summed E-state index contributed by atoms with van der Waals surface area (Å²) in [6.07, 6.45) is 0.875. The number of fused-ring (bicyclic) bond motifs is 1. The van der Waals surface area contributed by atoms with Crippen LogP contribution < -0.4 is 14.8 Å². The molecule has 3 rings (SSSR count). The van der Waals surface area contributed by atoms with Crippen LogP contribution >= 0.6 is 11.6 Å². The van der Waals surface area contributed by atoms with Crippen LogP contribution in [0.5, 0.6) is 17.2 Å². The second-order valence-electron chi connectivity index (χ2n) is 4.95. The molecule has 0 bridgehead atoms. The molecule has 7 heteroatoms. The molecule has 0 radical (unpaired) electrons. The zero-order chi connectivity index (χ0) is 17.5. The molecule has 0 atom stereocenters. The molecule has 5 nitrogen and oxygen atoms in total. The summed E-state index contributed by atoms with van der Waals surface area (Å²) in [5.41, 5.74) is 1.82. The van der Waals surface area contributed by atoms with Crippen LogP contribution in [0.2, 0.25) is 5.02 Å². The molecule has 0 unspecified atom stereocenters. The number of nitrogens with one attached hydrogen (secondary N) is 1. The lowest BCUT2D eigenvalue weighted by atomic mass is 10.1. The van der Waals surface area contributed by atoms with E-state index < -0.39 is 5.82 Å². The Hall–Kier alpha value is -2.31. The predicted octanol–water partition coefficient (Wildman–Crippen LogP) is 3.63. The van der Waals surface area contributed by atoms with E-state index in [0.717, 1.165) is 17.7 Å². The molecule has 0 saturated carbocycles. The van der Waals surface area contributed by atoms with Crippen LogP contribution in [0.1, 0.15) is 11.1 Å². The zero-order valence-electron chi connectivity index (χ0n) is 13.0. The number of rotatable bonds is 4. The van der Waals surface area contributed by atoms with Crippen molar-refractivity contribution in [1.82, 2.24) is 5.32 Å². The molecule has 0 amide bonds. The van der Waals surface area contributed by atoms with Crippen molar-refractivity contribution < 1.29 is 23.8 Å². The van der Waals surface area contributed by atoms with Gasteiger partial charge in [-0.1, -0.05) is 23.7 Å². The first-order valence-corrected chi connectivity index (χ1v) is 7.61. The summed E-state index contributed by atoms with van der Waals surface area (Å²) in [6, 6.07) is 8.66. The molecule has 0 fully saturated rings. The molecule has 0 saturated heterocycles. The normalized spacial score (nSPS) is 11.8. The third-order valence-corrected chi connectivity index (χ3v) is 3.66. The molecular weight excluding hydrogens is 337 g/mol. The Balaban J connectivity index is 0.000000647. The average Bonchev–Trinajstić information content (AvgIpc) is 3.03. The highest BCUT2D eigenvalue weighted by atomic mass is 35.5. The van der Waals surface area contributed by atoms with E-state index in [9.17, 15) is 4.39 Å². The quantitative estimate of drug-likeness (QED) is 0.822. The van der Waals surface area contributed by atoms with Crippen molar-refractivity contribution in [1.29, 1.82) is 0 Å². The van der Waals surface area contributed by atoms with Crippen molar-refractivity contribution in [3.63, 3.8) is 0 Å². The monoisotopic (exact) mass is 353 g/mol. The highest BCUT2D eigenvalue weighted by Gasteiger charge is 2.19. The summed E-state index contributed by atoms with van der Waals surface area (Å²) in [7, 11) is 1.79. The lowest BCUT2D eigenvalue weighted by molar-refractivity contribution is -0.122. The second-order valence-corrected chi connectivity index (χ2v) is 5.36. The Morgan fingerprint density at radius 2 is 2.17 bits per heavy atom. The van der Waals surface area contributed by atoms with Gasteiger partial charge in [-0.05, 0) is 19.2 Å². The smallest absolute Gasteiger partial charge is 0.290 e. The highest BCUT2D eigenvalue weighted by molar-refractivity contribution is 6.30. The van der Waals surface area contributed by atoms with Crippen molar-refractivity contribution >= 4 is 18.1 Å². The second kappa shape index (κ2) is 8.52. The summed E-state index contributed by atoms with van der Waals surface area (Å²) in [5.74, 6) is 1.46. The number of benzene rings is 2. The molecule has 1 aliphatic rings. The minimum atomic E-state index is -0.455. The first-order chi connectivity index (χ1) is 11.6. The number of hydrogen-bond acceptors (Lipinski definition) is 4. The maximum absolute atomic E-state index is 13.6. The van der Waals surface area contributed by atoms with Gasteiger partial charge in [-0.3, -0.25) is 4.79 Å². The fraction of sp³-hybridized carbons (Fsp3) is 0.235. The molecule has 2 aromatic carbocycles. The van der Waals surface area contributed by atoms with Crippen LogP contribution in [0.15, 0.2) is 30.3 Å². The van der Waals surface area contributed by atoms with Crippen LogP contribution in [0.3, 0.4) is 0 Å². The molecule has 2 aromatic rings. The molecule has 1 aliphatic heterocycles. The van der Waals surface area contributed by atoms with E-state index in [1.807, 2.05) is 18.2 Å². The molecule has 0 aromatic heterocycles. The van der Waals surface area contributed by atoms with Gasteiger partial charge in [0.1, 0.15) is 11.6 Å². The average molecular weight is 354 g/mol. The third-order valence-electron chi connectivity index (χ3n) is 3.37. The van der Waals surface area contributed by atoms with E-state index >= 15 is 0 Å². The highest BCUT2D eigenvalue weighted by Crippen LogP contribution is 2.39. The minimum absolute atomic E-state index is 0.0401. The van der Waals surface area contributed by atoms with Gasteiger partial charge in [0.25, 0.3) is 6.47 Å². The summed E-state index contributed by atoms with van der Waals surface area (Å²) < 4.78 is 25.1. The SMILES string of the molecule is CNCc1cc(F)c(Cl)cc1Oc1cccc2c1OCC2.O=CO. The predicted molar refractivity (Wildman–Crippen MR) is 88.6 cm³/mol. The molecule has 2 N–H and O–H groups in total. The van der Waals surface area contributed by atoms with Gasteiger partial charge in [0.15, 0.2) is 11.5 Å². The van der Waals surface area contributed by atoms with E-state index in [4.69, 9.17) is 31.0 Å². The largest absolute Gasteiger partial charge is 0.489 e. The van der Waals surface area contributed by atoms with Gasteiger partial charge in [0, 0.05) is 30.2 Å². The Morgan fingerprint density at radius 1 is 1.42 bits per heavy atom. The Morgan fingerprint density at radius 3 is 2.88 bits per heavy atom. The summed E-state index contributed by atoms with van der Waals surface area (Å²) in [4.78, 5) is 8.36. The van der Waals surface area contributed by atoms with E-state index in [1.165, 1.54) is 12.1 Å². The van der Waals surface area contributed by atoms with Crippen LogP contribution in [-0.2, 0) is 17.8 Å². The van der Waals surface area contributed by atoms with Crippen molar-refractivity contribution in [3.05, 3.63) is 52.3 Å². The lowest BCUT2D eigenvalue weighted by Gasteiger charge is -2.14. The van der Waals surface area contributed by atoms with Crippen LogP contribution in [0.4, 0.5) is 4.39 Å². The topological polar surface area (TPSA) is 67.8 Å². The van der Waals surface area contributed by atoms with Gasteiger partial charge >= 0.3 is 0 Å². The Labute approximate surface area is 144 Å². The maximum Gasteiger partial charge on any atom is 0.290 e. The van der Waals surface area contributed by atoms with Gasteiger partial charge in [0.05, 0.1) is 11.6 Å². The fourth-order valence-corrected chi connectivity index (χ4v) is 2.53. The number of hydrogen-bond donors (Lipinski definition) is 2. The van der Waals surface area contributed by atoms with E-state index in [1.54, 1.807) is 7.05 Å². The number of carbonyl (C=O) groups is 1. The van der Waals surface area contributed by atoms with Gasteiger partial charge in [0.2, 0.25) is 0 Å². The first kappa shape index (κ1) is 18.0. The van der Waals surface area contributed by atoms with Crippen LogP contribution in [-0.4, -0.2) is 25.2 Å².